The third-order valence-electron chi connectivity index (χ3n) is 3.81. The van der Waals surface area contributed by atoms with Gasteiger partial charge in [-0.3, -0.25) is 0 Å². The Hall–Kier alpha value is -0.357. The number of hydrogen-bond acceptors (Lipinski definition) is 0. The van der Waals surface area contributed by atoms with E-state index in [9.17, 15) is 0 Å². The Morgan fingerprint density at radius 2 is 1.52 bits per heavy atom. The molecule has 1 unspecified atom stereocenters. The van der Waals surface area contributed by atoms with E-state index < -0.39 is 0 Å². The van der Waals surface area contributed by atoms with Crippen LogP contribution in [0.1, 0.15) is 32.8 Å². The minimum absolute atomic E-state index is 0. The van der Waals surface area contributed by atoms with Gasteiger partial charge in [-0.05, 0) is 0 Å². The van der Waals surface area contributed by atoms with Crippen LogP contribution in [0.3, 0.4) is 0 Å². The van der Waals surface area contributed by atoms with Crippen molar-refractivity contribution in [1.82, 2.24) is 0 Å². The van der Waals surface area contributed by atoms with E-state index in [0.29, 0.717) is 3.63 Å². The number of hydrogen-bond donors (Lipinski definition) is 0. The quantitative estimate of drug-likeness (QED) is 0.569. The van der Waals surface area contributed by atoms with Gasteiger partial charge in [-0.1, -0.05) is 0 Å². The summed E-state index contributed by atoms with van der Waals surface area (Å²) >= 11 is 1.59. The van der Waals surface area contributed by atoms with Crippen LogP contribution in [0.2, 0.25) is 0 Å². The van der Waals surface area contributed by atoms with Crippen molar-refractivity contribution >= 4 is 30.9 Å². The molecule has 0 bridgehead atoms. The Balaban J connectivity index is 0.00000110. The third kappa shape index (κ3) is 3.53. The van der Waals surface area contributed by atoms with Gasteiger partial charge in [-0.25, -0.2) is 0 Å². The molecule has 0 heterocycles. The van der Waals surface area contributed by atoms with Crippen LogP contribution in [0.4, 0.5) is 0 Å². The number of allylic oxidation sites excluding steroid dienone is 1. The number of aryl methyl sites for hydroxylation is 2. The van der Waals surface area contributed by atoms with Crippen LogP contribution >= 0.6 is 24.8 Å². The van der Waals surface area contributed by atoms with E-state index in [4.69, 9.17) is 0 Å². The molecule has 21 heavy (non-hydrogen) atoms. The van der Waals surface area contributed by atoms with Crippen LogP contribution in [0.15, 0.2) is 42.0 Å². The molecule has 1 aliphatic carbocycles. The van der Waals surface area contributed by atoms with E-state index in [0.717, 1.165) is 0 Å². The average Bonchev–Trinajstić information content (AvgIpc) is 2.64. The van der Waals surface area contributed by atoms with Crippen molar-refractivity contribution in [2.24, 2.45) is 0 Å². The van der Waals surface area contributed by atoms with Gasteiger partial charge >= 0.3 is 131 Å². The fourth-order valence-electron chi connectivity index (χ4n) is 2.93. The van der Waals surface area contributed by atoms with E-state index in [2.05, 4.69) is 63.2 Å². The Labute approximate surface area is 154 Å². The maximum absolute atomic E-state index is 2.38. The Morgan fingerprint density at radius 3 is 2.14 bits per heavy atom. The molecule has 2 aromatic carbocycles. The van der Waals surface area contributed by atoms with E-state index in [-0.39, 0.29) is 24.8 Å². The average molecular weight is 397 g/mol. The van der Waals surface area contributed by atoms with Gasteiger partial charge < -0.3 is 0 Å². The number of halogens is 2. The molecule has 3 heteroatoms. The molecule has 3 rings (SSSR count). The SMILES string of the molecule is CC1=Cc2c(-c3cc(C)cc(C)c3)cccc2[CH]1[Zr].Cl.Cl. The number of rotatable bonds is 1. The minimum atomic E-state index is 0. The molecule has 0 spiro atoms. The molecule has 0 aliphatic heterocycles. The van der Waals surface area contributed by atoms with Crippen molar-refractivity contribution in [2.75, 3.05) is 0 Å². The van der Waals surface area contributed by atoms with Crippen molar-refractivity contribution in [3.63, 3.8) is 0 Å². The van der Waals surface area contributed by atoms with E-state index in [1.807, 2.05) is 0 Å². The van der Waals surface area contributed by atoms with Crippen LogP contribution in [0, 0.1) is 13.8 Å². The molecule has 0 nitrogen and oxygen atoms in total. The molecule has 0 radical (unpaired) electrons. The zero-order valence-corrected chi connectivity index (χ0v) is 16.5. The molecule has 0 N–H and O–H groups in total. The normalized spacial score (nSPS) is 15.5. The van der Waals surface area contributed by atoms with Gasteiger partial charge in [0.25, 0.3) is 0 Å². The molecule has 0 saturated heterocycles. The van der Waals surface area contributed by atoms with Gasteiger partial charge in [-0.15, -0.1) is 24.8 Å². The van der Waals surface area contributed by atoms with Crippen molar-refractivity contribution in [3.8, 4) is 11.1 Å². The molecule has 0 amide bonds. The first kappa shape index (κ1) is 18.7. The molecule has 0 saturated carbocycles. The zero-order valence-electron chi connectivity index (χ0n) is 12.4. The molecule has 0 fully saturated rings. The Morgan fingerprint density at radius 1 is 0.905 bits per heavy atom. The maximum Gasteiger partial charge on any atom is -0.147 e. The Bertz CT molecular complexity index is 669. The maximum atomic E-state index is 2.38. The largest absolute Gasteiger partial charge is 0.147 e. The second kappa shape index (κ2) is 7.27. The van der Waals surface area contributed by atoms with E-state index in [1.54, 1.807) is 24.7 Å². The summed E-state index contributed by atoms with van der Waals surface area (Å²) in [7, 11) is 0. The second-order valence-electron chi connectivity index (χ2n) is 5.51. The molecular weight excluding hydrogens is 378 g/mol. The first-order chi connectivity index (χ1) is 9.06. The Kier molecular flexibility index (Phi) is 6.47. The van der Waals surface area contributed by atoms with Gasteiger partial charge in [0.15, 0.2) is 0 Å². The molecule has 1 aliphatic rings. The van der Waals surface area contributed by atoms with Gasteiger partial charge in [0.05, 0.1) is 0 Å². The molecular formula is C18H19Cl2Zr. The van der Waals surface area contributed by atoms with Gasteiger partial charge in [0, 0.05) is 0 Å². The topological polar surface area (TPSA) is 0 Å². The van der Waals surface area contributed by atoms with Crippen LogP contribution in [-0.4, -0.2) is 0 Å². The van der Waals surface area contributed by atoms with Crippen molar-refractivity contribution in [3.05, 3.63) is 64.2 Å². The second-order valence-corrected chi connectivity index (χ2v) is 6.93. The van der Waals surface area contributed by atoms with Crippen LogP contribution in [0.25, 0.3) is 17.2 Å². The zero-order chi connectivity index (χ0) is 13.6. The summed E-state index contributed by atoms with van der Waals surface area (Å²) in [6.45, 7) is 6.60. The minimum Gasteiger partial charge on any atom is -0.147 e. The predicted molar refractivity (Wildman–Crippen MR) is 92.2 cm³/mol. The number of benzene rings is 2. The monoisotopic (exact) mass is 395 g/mol. The fourth-order valence-corrected chi connectivity index (χ4v) is 3.76. The summed E-state index contributed by atoms with van der Waals surface area (Å²) in [5.41, 5.74) is 9.86. The van der Waals surface area contributed by atoms with Crippen molar-refractivity contribution < 1.29 is 24.7 Å². The summed E-state index contributed by atoms with van der Waals surface area (Å²) in [5.74, 6) is 0. The smallest absolute Gasteiger partial charge is 0.147 e. The van der Waals surface area contributed by atoms with E-state index in [1.165, 1.54) is 39.0 Å². The summed E-state index contributed by atoms with van der Waals surface area (Å²) in [6, 6.07) is 13.6. The van der Waals surface area contributed by atoms with Crippen LogP contribution in [0.5, 0.6) is 0 Å². The van der Waals surface area contributed by atoms with Crippen LogP contribution in [-0.2, 0) is 24.7 Å². The summed E-state index contributed by atoms with van der Waals surface area (Å²) in [6.07, 6.45) is 2.38. The van der Waals surface area contributed by atoms with Gasteiger partial charge in [-0.2, -0.15) is 0 Å². The molecule has 2 aromatic rings. The first-order valence-electron chi connectivity index (χ1n) is 6.67. The first-order valence-corrected chi connectivity index (χ1v) is 8.09. The van der Waals surface area contributed by atoms with Crippen LogP contribution < -0.4 is 0 Å². The molecule has 109 valence electrons. The fraction of sp³-hybridized carbons (Fsp3) is 0.222. The summed E-state index contributed by atoms with van der Waals surface area (Å²) in [5, 5.41) is 0. The standard InChI is InChI=1S/C18H17.2ClH.Zr/c1-12-7-13(2)10-16(9-12)17-6-4-5-15-8-14(3)11-18(15)17;;;/h4-11H,1-3H3;2*1H;. The van der Waals surface area contributed by atoms with Gasteiger partial charge in [0.1, 0.15) is 0 Å². The predicted octanol–water partition coefficient (Wildman–Crippen LogP) is 5.82. The number of fused-ring (bicyclic) bond motifs is 1. The molecule has 1 atom stereocenters. The van der Waals surface area contributed by atoms with E-state index >= 15 is 0 Å². The summed E-state index contributed by atoms with van der Waals surface area (Å²) in [4.78, 5) is 0. The third-order valence-corrected chi connectivity index (χ3v) is 5.69. The van der Waals surface area contributed by atoms with Gasteiger partial charge in [0.2, 0.25) is 0 Å². The summed E-state index contributed by atoms with van der Waals surface area (Å²) < 4.78 is 0.646. The van der Waals surface area contributed by atoms with Crippen molar-refractivity contribution in [2.45, 2.75) is 24.4 Å². The molecule has 0 aromatic heterocycles. The van der Waals surface area contributed by atoms with Crippen molar-refractivity contribution in [1.29, 1.82) is 0 Å².